The minimum absolute atomic E-state index is 0.345. The first kappa shape index (κ1) is 15.4. The van der Waals surface area contributed by atoms with Gasteiger partial charge in [0.2, 0.25) is 10.0 Å². The van der Waals surface area contributed by atoms with E-state index in [0.29, 0.717) is 17.3 Å². The van der Waals surface area contributed by atoms with Gasteiger partial charge in [-0.25, -0.2) is 21.9 Å². The maximum Gasteiger partial charge on any atom is 0.241 e. The van der Waals surface area contributed by atoms with Gasteiger partial charge in [0.25, 0.3) is 0 Å². The van der Waals surface area contributed by atoms with Crippen LogP contribution in [0.1, 0.15) is 18.5 Å². The van der Waals surface area contributed by atoms with Gasteiger partial charge in [0.15, 0.2) is 11.6 Å². The molecule has 0 aromatic heterocycles. The molecule has 0 amide bonds. The van der Waals surface area contributed by atoms with Crippen molar-refractivity contribution in [3.63, 3.8) is 0 Å². The van der Waals surface area contributed by atoms with Crippen LogP contribution >= 0.6 is 0 Å². The molecule has 0 aliphatic rings. The molecule has 0 bridgehead atoms. The van der Waals surface area contributed by atoms with Crippen LogP contribution in [0.15, 0.2) is 47.4 Å². The van der Waals surface area contributed by atoms with Gasteiger partial charge in [-0.3, -0.25) is 0 Å². The first-order valence-electron chi connectivity index (χ1n) is 6.13. The van der Waals surface area contributed by atoms with Crippen LogP contribution in [0.25, 0.3) is 0 Å². The predicted molar refractivity (Wildman–Crippen MR) is 75.9 cm³/mol. The molecular formula is C14H14F2N2O2S. The zero-order chi connectivity index (χ0) is 15.6. The van der Waals surface area contributed by atoms with Crippen molar-refractivity contribution < 1.29 is 17.2 Å². The summed E-state index contributed by atoms with van der Waals surface area (Å²) >= 11 is 0. The fraction of sp³-hybridized carbons (Fsp3) is 0.143. The number of hydrogen-bond donors (Lipinski definition) is 2. The van der Waals surface area contributed by atoms with E-state index in [-0.39, 0.29) is 4.90 Å². The molecule has 1 atom stereocenters. The normalized spacial score (nSPS) is 13.1. The minimum Gasteiger partial charge on any atom is -0.398 e. The number of anilines is 1. The molecule has 0 aliphatic carbocycles. The molecule has 2 aromatic carbocycles. The quantitative estimate of drug-likeness (QED) is 0.852. The minimum atomic E-state index is -3.98. The number of benzene rings is 2. The molecule has 0 radical (unpaired) electrons. The van der Waals surface area contributed by atoms with Crippen LogP contribution in [-0.4, -0.2) is 8.42 Å². The van der Waals surface area contributed by atoms with E-state index in [4.69, 9.17) is 5.73 Å². The van der Waals surface area contributed by atoms with E-state index < -0.39 is 27.7 Å². The Morgan fingerprint density at radius 2 is 1.76 bits per heavy atom. The lowest BCUT2D eigenvalue weighted by Gasteiger charge is -2.16. The molecule has 112 valence electrons. The van der Waals surface area contributed by atoms with E-state index in [9.17, 15) is 17.2 Å². The molecule has 0 saturated heterocycles. The second-order valence-electron chi connectivity index (χ2n) is 4.55. The maximum absolute atomic E-state index is 13.1. The van der Waals surface area contributed by atoms with Crippen LogP contribution in [0.2, 0.25) is 0 Å². The van der Waals surface area contributed by atoms with Gasteiger partial charge in [-0.05, 0) is 36.8 Å². The van der Waals surface area contributed by atoms with Crippen molar-refractivity contribution >= 4 is 15.7 Å². The Morgan fingerprint density at radius 1 is 1.10 bits per heavy atom. The van der Waals surface area contributed by atoms with E-state index in [1.807, 2.05) is 0 Å². The Kier molecular flexibility index (Phi) is 4.24. The predicted octanol–water partition coefficient (Wildman–Crippen LogP) is 2.59. The first-order valence-corrected chi connectivity index (χ1v) is 7.61. The highest BCUT2D eigenvalue weighted by atomic mass is 32.2. The highest BCUT2D eigenvalue weighted by molar-refractivity contribution is 7.89. The van der Waals surface area contributed by atoms with Crippen molar-refractivity contribution in [3.8, 4) is 0 Å². The van der Waals surface area contributed by atoms with E-state index in [0.717, 1.165) is 12.1 Å². The summed E-state index contributed by atoms with van der Waals surface area (Å²) in [5.74, 6) is -2.32. The second-order valence-corrected chi connectivity index (χ2v) is 6.26. The molecule has 0 fully saturated rings. The van der Waals surface area contributed by atoms with Gasteiger partial charge in [0.05, 0.1) is 4.90 Å². The Labute approximate surface area is 121 Å². The maximum atomic E-state index is 13.1. The number of halogens is 2. The lowest BCUT2D eigenvalue weighted by Crippen LogP contribution is -2.27. The third-order valence-corrected chi connectivity index (χ3v) is 4.53. The molecular weight excluding hydrogens is 298 g/mol. The van der Waals surface area contributed by atoms with Gasteiger partial charge >= 0.3 is 0 Å². The molecule has 2 rings (SSSR count). The van der Waals surface area contributed by atoms with Crippen LogP contribution in [0.4, 0.5) is 14.5 Å². The summed E-state index contributed by atoms with van der Waals surface area (Å²) in [6.45, 7) is 1.61. The number of nitrogen functional groups attached to an aromatic ring is 1. The summed E-state index contributed by atoms with van der Waals surface area (Å²) in [6.07, 6.45) is 0. The standard InChI is InChI=1S/C14H14F2N2O2S/c1-9(11-4-2-3-5-14(11)17)18-21(19,20)10-6-7-12(15)13(16)8-10/h2-9,18H,17H2,1H3. The fourth-order valence-corrected chi connectivity index (χ4v) is 3.15. The first-order chi connectivity index (χ1) is 9.81. The highest BCUT2D eigenvalue weighted by Crippen LogP contribution is 2.22. The van der Waals surface area contributed by atoms with Crippen LogP contribution in [0.3, 0.4) is 0 Å². The van der Waals surface area contributed by atoms with E-state index in [2.05, 4.69) is 4.72 Å². The number of hydrogen-bond acceptors (Lipinski definition) is 3. The highest BCUT2D eigenvalue weighted by Gasteiger charge is 2.20. The van der Waals surface area contributed by atoms with Crippen LogP contribution in [0, 0.1) is 11.6 Å². The van der Waals surface area contributed by atoms with Gasteiger partial charge in [0, 0.05) is 11.7 Å². The summed E-state index contributed by atoms with van der Waals surface area (Å²) in [7, 11) is -3.98. The van der Waals surface area contributed by atoms with Crippen LogP contribution in [0.5, 0.6) is 0 Å². The zero-order valence-electron chi connectivity index (χ0n) is 11.2. The summed E-state index contributed by atoms with van der Waals surface area (Å²) < 4.78 is 52.7. The van der Waals surface area contributed by atoms with Gasteiger partial charge in [-0.2, -0.15) is 0 Å². The van der Waals surface area contributed by atoms with Crippen LogP contribution in [-0.2, 0) is 10.0 Å². The molecule has 0 heterocycles. The number of sulfonamides is 1. The molecule has 3 N–H and O–H groups in total. The van der Waals surface area contributed by atoms with E-state index in [1.165, 1.54) is 0 Å². The average Bonchev–Trinajstić information content (AvgIpc) is 2.41. The van der Waals surface area contributed by atoms with Gasteiger partial charge in [0.1, 0.15) is 0 Å². The Bertz CT molecular complexity index is 763. The summed E-state index contributed by atoms with van der Waals surface area (Å²) in [5, 5.41) is 0. The van der Waals surface area contributed by atoms with Gasteiger partial charge in [-0.1, -0.05) is 18.2 Å². The molecule has 0 saturated carbocycles. The van der Waals surface area contributed by atoms with Crippen molar-refractivity contribution in [1.82, 2.24) is 4.72 Å². The Morgan fingerprint density at radius 3 is 2.38 bits per heavy atom. The Hall–Kier alpha value is -1.99. The zero-order valence-corrected chi connectivity index (χ0v) is 12.0. The SMILES string of the molecule is CC(NS(=O)(=O)c1ccc(F)c(F)c1)c1ccccc1N. The number of rotatable bonds is 4. The van der Waals surface area contributed by atoms with Gasteiger partial charge in [-0.15, -0.1) is 0 Å². The molecule has 2 aromatic rings. The monoisotopic (exact) mass is 312 g/mol. The molecule has 21 heavy (non-hydrogen) atoms. The third kappa shape index (κ3) is 3.37. The average molecular weight is 312 g/mol. The summed E-state index contributed by atoms with van der Waals surface area (Å²) in [5.41, 5.74) is 6.82. The molecule has 0 spiro atoms. The van der Waals surface area contributed by atoms with E-state index >= 15 is 0 Å². The van der Waals surface area contributed by atoms with Crippen LogP contribution < -0.4 is 10.5 Å². The molecule has 7 heteroatoms. The second kappa shape index (κ2) is 5.79. The number of nitrogens with two attached hydrogens (primary N) is 1. The smallest absolute Gasteiger partial charge is 0.241 e. The number of nitrogens with one attached hydrogen (secondary N) is 1. The molecule has 4 nitrogen and oxygen atoms in total. The molecule has 1 unspecified atom stereocenters. The fourth-order valence-electron chi connectivity index (χ4n) is 1.91. The summed E-state index contributed by atoms with van der Waals surface area (Å²) in [4.78, 5) is -0.345. The van der Waals surface area contributed by atoms with Crippen molar-refractivity contribution in [2.45, 2.75) is 17.9 Å². The van der Waals surface area contributed by atoms with Crippen molar-refractivity contribution in [2.24, 2.45) is 0 Å². The van der Waals surface area contributed by atoms with Gasteiger partial charge < -0.3 is 5.73 Å². The van der Waals surface area contributed by atoms with Crippen molar-refractivity contribution in [1.29, 1.82) is 0 Å². The number of para-hydroxylation sites is 1. The van der Waals surface area contributed by atoms with Crippen molar-refractivity contribution in [3.05, 3.63) is 59.7 Å². The lowest BCUT2D eigenvalue weighted by molar-refractivity contribution is 0.503. The summed E-state index contributed by atoms with van der Waals surface area (Å²) in [6, 6.07) is 8.60. The largest absolute Gasteiger partial charge is 0.398 e. The van der Waals surface area contributed by atoms with E-state index in [1.54, 1.807) is 31.2 Å². The van der Waals surface area contributed by atoms with Crippen molar-refractivity contribution in [2.75, 3.05) is 5.73 Å². The lowest BCUT2D eigenvalue weighted by atomic mass is 10.1. The third-order valence-electron chi connectivity index (χ3n) is 3.00. The topological polar surface area (TPSA) is 72.2 Å². The molecule has 0 aliphatic heterocycles. The Balaban J connectivity index is 2.29.